The number of nitrogens with one attached hydrogen (secondary N) is 4. The van der Waals surface area contributed by atoms with Crippen LogP contribution in [0.3, 0.4) is 0 Å². The van der Waals surface area contributed by atoms with E-state index in [-0.39, 0.29) is 38.1 Å². The molecule has 2 heterocycles. The minimum atomic E-state index is -0.859. The van der Waals surface area contributed by atoms with Gasteiger partial charge in [0, 0.05) is 60.0 Å². The van der Waals surface area contributed by atoms with Crippen LogP contribution in [0, 0.1) is 27.7 Å². The van der Waals surface area contributed by atoms with E-state index < -0.39 is 47.2 Å². The number of carboxylic acids is 1. The van der Waals surface area contributed by atoms with E-state index in [9.17, 15) is 33.9 Å². The molecule has 0 radical (unpaired) electrons. The highest BCUT2D eigenvalue weighted by Crippen LogP contribution is 2.25. The molecule has 2 atom stereocenters. The maximum Gasteiger partial charge on any atom is 0.407 e. The predicted octanol–water partition coefficient (Wildman–Crippen LogP) is 12.4. The maximum absolute atomic E-state index is 13.5. The molecule has 6 aromatic carbocycles. The molecule has 0 fully saturated rings. The summed E-state index contributed by atoms with van der Waals surface area (Å²) in [5.74, 6) is -3.15. The summed E-state index contributed by atoms with van der Waals surface area (Å²) in [5.41, 5.74) is 7.66. The number of aromatic carboxylic acids is 1. The Kier molecular flexibility index (Phi) is 21.7. The number of fused-ring (bicyclic) bond motifs is 2. The molecule has 17 heteroatoms. The number of aliphatic hydroxyl groups is 1. The number of esters is 1. The van der Waals surface area contributed by atoms with Gasteiger partial charge in [0.2, 0.25) is 11.8 Å². The number of pyridine rings is 2. The van der Waals surface area contributed by atoms with Gasteiger partial charge in [0.25, 0.3) is 0 Å². The van der Waals surface area contributed by atoms with Crippen molar-refractivity contribution >= 4 is 68.9 Å². The number of aryl methyl sites for hydroxylation is 4. The number of aromatic nitrogens is 2. The molecule has 2 unspecified atom stereocenters. The van der Waals surface area contributed by atoms with Gasteiger partial charge < -0.3 is 45.7 Å². The highest BCUT2D eigenvalue weighted by Gasteiger charge is 2.26. The van der Waals surface area contributed by atoms with Crippen molar-refractivity contribution in [3.8, 4) is 0 Å². The normalized spacial score (nSPS) is 11.7. The van der Waals surface area contributed by atoms with Crippen molar-refractivity contribution in [2.75, 3.05) is 23.7 Å². The average molecular weight is 1130 g/mol. The van der Waals surface area contributed by atoms with Crippen molar-refractivity contribution in [3.05, 3.63) is 214 Å². The molecule has 0 saturated carbocycles. The van der Waals surface area contributed by atoms with Gasteiger partial charge in [-0.2, -0.15) is 0 Å². The summed E-state index contributed by atoms with van der Waals surface area (Å²) in [6, 6.07) is 40.1. The van der Waals surface area contributed by atoms with Crippen molar-refractivity contribution in [3.63, 3.8) is 0 Å². The summed E-state index contributed by atoms with van der Waals surface area (Å²) in [6.07, 6.45) is 5.72. The number of hydrogen-bond acceptors (Lipinski definition) is 12. The van der Waals surface area contributed by atoms with Crippen LogP contribution in [0.5, 0.6) is 0 Å². The largest absolute Gasteiger partial charge is 0.478 e. The second kappa shape index (κ2) is 28.8. The number of nitrogens with zero attached hydrogens (tertiary/aromatic N) is 2. The topological polar surface area (TPSA) is 244 Å². The molecule has 8 aromatic rings. The van der Waals surface area contributed by atoms with Gasteiger partial charge in [-0.25, -0.2) is 19.2 Å². The van der Waals surface area contributed by atoms with Gasteiger partial charge in [0.15, 0.2) is 0 Å². The number of rotatable bonds is 15. The first kappa shape index (κ1) is 62.7. The Morgan fingerprint density at radius 3 is 1.33 bits per heavy atom. The quantitative estimate of drug-likeness (QED) is 0.0414. The van der Waals surface area contributed by atoms with Crippen LogP contribution in [0.15, 0.2) is 158 Å². The Bertz CT molecular complexity index is 3570. The highest BCUT2D eigenvalue weighted by molar-refractivity contribution is 5.99. The molecule has 8 rings (SSSR count). The van der Waals surface area contributed by atoms with Gasteiger partial charge in [-0.1, -0.05) is 96.1 Å². The summed E-state index contributed by atoms with van der Waals surface area (Å²) in [5, 5.41) is 33.1. The SMILES string of the molecule is CC(C)(C)OC(=O)NCC(C(=O)Nc1ccc2cnccc2c1)c1ccc(CO)cc1.Cc1ccc(C(=O)O)c(C)c1.Cc1ccc(C(=O)OCc2ccc(C(CNC(=O)OC(C)(C)C)C(=O)Nc3ccc4cnccc4c3)cc2)c(C)c1. The number of carboxylic acid groups (broad SMARTS) is 1. The van der Waals surface area contributed by atoms with Gasteiger partial charge >= 0.3 is 24.1 Å². The molecule has 83 heavy (non-hydrogen) atoms. The number of carbonyl (C=O) groups excluding carboxylic acids is 5. The zero-order valence-corrected chi connectivity index (χ0v) is 48.5. The van der Waals surface area contributed by atoms with E-state index in [1.165, 1.54) is 0 Å². The molecule has 0 aliphatic rings. The van der Waals surface area contributed by atoms with E-state index in [4.69, 9.17) is 19.3 Å². The zero-order chi connectivity index (χ0) is 60.4. The molecule has 432 valence electrons. The van der Waals surface area contributed by atoms with Gasteiger partial charge in [-0.3, -0.25) is 19.6 Å². The minimum absolute atomic E-state index is 0.0271. The van der Waals surface area contributed by atoms with E-state index in [2.05, 4.69) is 31.2 Å². The number of hydrogen-bond donors (Lipinski definition) is 6. The molecule has 0 spiro atoms. The second-order valence-corrected chi connectivity index (χ2v) is 21.9. The summed E-state index contributed by atoms with van der Waals surface area (Å²) in [6.45, 7) is 18.4. The third-order valence-corrected chi connectivity index (χ3v) is 12.7. The number of anilines is 2. The van der Waals surface area contributed by atoms with Crippen LogP contribution in [-0.4, -0.2) is 80.4 Å². The number of benzene rings is 6. The molecule has 0 aliphatic heterocycles. The van der Waals surface area contributed by atoms with Gasteiger partial charge in [0.1, 0.15) is 17.8 Å². The Labute approximate surface area is 483 Å². The molecular weight excluding hydrogens is 1050 g/mol. The molecule has 4 amide bonds. The first-order valence-corrected chi connectivity index (χ1v) is 26.9. The lowest BCUT2D eigenvalue weighted by Gasteiger charge is -2.22. The standard InChI is InChI=1S/C33H35N3O5.C24H27N3O4.C9H10O2/c1-21-6-13-28(22(2)16-21)31(38)40-20-23-7-9-24(10-8-23)29(19-35-32(39)41-33(3,4)5)30(37)36-27-12-11-26-18-34-15-14-25(26)17-27;1-24(2,3)31-23(30)26-14-21(17-6-4-16(15-28)5-7-17)22(29)27-20-9-8-19-13-25-11-10-18(19)12-20;1-6-3-4-8(9(10)11)7(2)5-6/h6-18,29H,19-20H2,1-5H3,(H,35,39)(H,36,37);4-13,21,28H,14-15H2,1-3H3,(H,26,30)(H,27,29);3-5H,1-2H3,(H,10,11). The Morgan fingerprint density at radius 2 is 0.928 bits per heavy atom. The maximum atomic E-state index is 13.5. The van der Waals surface area contributed by atoms with Crippen LogP contribution in [0.4, 0.5) is 21.0 Å². The smallest absolute Gasteiger partial charge is 0.407 e. The van der Waals surface area contributed by atoms with Crippen molar-refractivity contribution in [1.82, 2.24) is 20.6 Å². The van der Waals surface area contributed by atoms with E-state index in [0.717, 1.165) is 60.5 Å². The fourth-order valence-corrected chi connectivity index (χ4v) is 8.53. The van der Waals surface area contributed by atoms with Gasteiger partial charge in [-0.05, 0) is 162 Å². The van der Waals surface area contributed by atoms with E-state index in [1.807, 2.05) is 87.5 Å². The molecule has 0 aliphatic carbocycles. The van der Waals surface area contributed by atoms with Gasteiger partial charge in [0.05, 0.1) is 29.6 Å². The molecule has 0 bridgehead atoms. The number of ether oxygens (including phenoxy) is 3. The van der Waals surface area contributed by atoms with Crippen LogP contribution in [-0.2, 0) is 37.0 Å². The number of aliphatic hydroxyl groups excluding tert-OH is 1. The number of amides is 4. The highest BCUT2D eigenvalue weighted by atomic mass is 16.6. The third kappa shape index (κ3) is 19.6. The van der Waals surface area contributed by atoms with Crippen LogP contribution < -0.4 is 21.3 Å². The summed E-state index contributed by atoms with van der Waals surface area (Å²) < 4.78 is 16.2. The van der Waals surface area contributed by atoms with Crippen LogP contribution >= 0.6 is 0 Å². The lowest BCUT2D eigenvalue weighted by molar-refractivity contribution is -0.118. The Balaban J connectivity index is 0.000000231. The summed E-state index contributed by atoms with van der Waals surface area (Å²) in [7, 11) is 0. The van der Waals surface area contributed by atoms with E-state index in [0.29, 0.717) is 28.1 Å². The summed E-state index contributed by atoms with van der Waals surface area (Å²) in [4.78, 5) is 82.4. The van der Waals surface area contributed by atoms with Gasteiger partial charge in [-0.15, -0.1) is 0 Å². The van der Waals surface area contributed by atoms with Crippen molar-refractivity contribution in [2.24, 2.45) is 0 Å². The Morgan fingerprint density at radius 1 is 0.506 bits per heavy atom. The zero-order valence-electron chi connectivity index (χ0n) is 48.5. The fraction of sp³-hybridized carbons (Fsp3) is 0.273. The molecule has 17 nitrogen and oxygen atoms in total. The van der Waals surface area contributed by atoms with Crippen molar-refractivity contribution in [2.45, 2.75) is 105 Å². The number of alkyl carbamates (subject to hydrolysis) is 2. The fourth-order valence-electron chi connectivity index (χ4n) is 8.53. The molecule has 0 saturated heterocycles. The van der Waals surface area contributed by atoms with E-state index in [1.54, 1.807) is 140 Å². The molecule has 6 N–H and O–H groups in total. The average Bonchev–Trinajstić information content (AvgIpc) is 3.56. The first-order valence-electron chi connectivity index (χ1n) is 26.9. The summed E-state index contributed by atoms with van der Waals surface area (Å²) >= 11 is 0. The minimum Gasteiger partial charge on any atom is -0.478 e. The van der Waals surface area contributed by atoms with Crippen molar-refractivity contribution < 1.29 is 53.2 Å². The monoisotopic (exact) mass is 1120 g/mol. The number of carbonyl (C=O) groups is 6. The Hall–Kier alpha value is -9.48. The predicted molar refractivity (Wildman–Crippen MR) is 321 cm³/mol. The second-order valence-electron chi connectivity index (χ2n) is 21.9. The lowest BCUT2D eigenvalue weighted by Crippen LogP contribution is -2.37. The van der Waals surface area contributed by atoms with Crippen molar-refractivity contribution in [1.29, 1.82) is 0 Å². The van der Waals surface area contributed by atoms with Crippen LogP contribution in [0.25, 0.3) is 21.5 Å². The third-order valence-electron chi connectivity index (χ3n) is 12.7. The molecular formula is C66H72N6O11. The lowest BCUT2D eigenvalue weighted by atomic mass is 9.96. The van der Waals surface area contributed by atoms with Crippen LogP contribution in [0.2, 0.25) is 0 Å². The van der Waals surface area contributed by atoms with Crippen LogP contribution in [0.1, 0.15) is 119 Å². The first-order chi connectivity index (χ1) is 39.3. The molecule has 2 aromatic heterocycles. The van der Waals surface area contributed by atoms with E-state index >= 15 is 0 Å².